The Morgan fingerprint density at radius 1 is 1.10 bits per heavy atom. The number of nitrogens with zero attached hydrogens (tertiary/aromatic N) is 4. The maximum Gasteiger partial charge on any atom is 0.171 e. The molecule has 0 saturated heterocycles. The van der Waals surface area contributed by atoms with Gasteiger partial charge in [0.2, 0.25) is 0 Å². The molecule has 29 heavy (non-hydrogen) atoms. The molecule has 2 aromatic heterocycles. The monoisotopic (exact) mass is 410 g/mol. The van der Waals surface area contributed by atoms with Crippen LogP contribution in [-0.4, -0.2) is 24.7 Å². The van der Waals surface area contributed by atoms with Crippen LogP contribution in [-0.2, 0) is 13.1 Å². The molecule has 0 radical (unpaired) electrons. The average molecular weight is 411 g/mol. The topological polar surface area (TPSA) is 59.7 Å². The summed E-state index contributed by atoms with van der Waals surface area (Å²) < 4.78 is 4.02. The number of rotatable bonds is 6. The van der Waals surface area contributed by atoms with Gasteiger partial charge >= 0.3 is 0 Å². The van der Waals surface area contributed by atoms with Gasteiger partial charge in [0.05, 0.1) is 35.9 Å². The van der Waals surface area contributed by atoms with Crippen LogP contribution in [0.25, 0.3) is 0 Å². The summed E-state index contributed by atoms with van der Waals surface area (Å²) in [5.41, 5.74) is 7.81. The molecule has 7 heteroatoms. The van der Waals surface area contributed by atoms with E-state index in [1.54, 1.807) is 0 Å². The van der Waals surface area contributed by atoms with Crippen LogP contribution in [0.15, 0.2) is 30.5 Å². The van der Waals surface area contributed by atoms with Crippen molar-refractivity contribution in [3.63, 3.8) is 0 Å². The Labute approximate surface area is 178 Å². The van der Waals surface area contributed by atoms with E-state index in [1.165, 1.54) is 11.1 Å². The van der Waals surface area contributed by atoms with Crippen molar-refractivity contribution in [3.05, 3.63) is 64.2 Å². The molecule has 6 nitrogen and oxygen atoms in total. The van der Waals surface area contributed by atoms with Crippen molar-refractivity contribution in [2.45, 2.75) is 60.7 Å². The molecule has 1 atom stereocenters. The molecule has 2 N–H and O–H groups in total. The minimum Gasteiger partial charge on any atom is -0.356 e. The molecule has 1 unspecified atom stereocenters. The molecule has 0 aliphatic carbocycles. The molecule has 0 aliphatic rings. The lowest BCUT2D eigenvalue weighted by Crippen LogP contribution is -2.31. The molecular weight excluding hydrogens is 380 g/mol. The third-order valence-corrected chi connectivity index (χ3v) is 5.68. The highest BCUT2D eigenvalue weighted by Gasteiger charge is 2.17. The van der Waals surface area contributed by atoms with Gasteiger partial charge in [0.25, 0.3) is 0 Å². The van der Waals surface area contributed by atoms with Crippen molar-refractivity contribution < 1.29 is 0 Å². The zero-order valence-electron chi connectivity index (χ0n) is 18.1. The van der Waals surface area contributed by atoms with Gasteiger partial charge in [-0.25, -0.2) is 0 Å². The van der Waals surface area contributed by atoms with Crippen molar-refractivity contribution >= 4 is 23.0 Å². The summed E-state index contributed by atoms with van der Waals surface area (Å²) in [5.74, 6) is 0. The zero-order chi connectivity index (χ0) is 21.1. The maximum atomic E-state index is 5.58. The van der Waals surface area contributed by atoms with E-state index in [-0.39, 0.29) is 6.04 Å². The van der Waals surface area contributed by atoms with Crippen LogP contribution in [0.1, 0.15) is 53.7 Å². The van der Waals surface area contributed by atoms with Crippen LogP contribution >= 0.6 is 12.2 Å². The number of nitrogens with one attached hydrogen (secondary N) is 2. The van der Waals surface area contributed by atoms with Gasteiger partial charge in [-0.05, 0) is 64.9 Å². The van der Waals surface area contributed by atoms with E-state index in [1.807, 2.05) is 22.5 Å². The Balaban J connectivity index is 1.71. The summed E-state index contributed by atoms with van der Waals surface area (Å²) in [6.45, 7) is 14.1. The number of aromatic nitrogens is 4. The fraction of sp³-hybridized carbons (Fsp3) is 0.409. The van der Waals surface area contributed by atoms with Crippen molar-refractivity contribution in [1.29, 1.82) is 0 Å². The quantitative estimate of drug-likeness (QED) is 0.589. The Morgan fingerprint density at radius 2 is 1.83 bits per heavy atom. The predicted molar refractivity (Wildman–Crippen MR) is 122 cm³/mol. The van der Waals surface area contributed by atoms with Crippen molar-refractivity contribution in [2.24, 2.45) is 0 Å². The van der Waals surface area contributed by atoms with Crippen LogP contribution in [0.4, 0.5) is 5.69 Å². The molecule has 0 spiro atoms. The van der Waals surface area contributed by atoms with Crippen molar-refractivity contribution in [2.75, 3.05) is 5.32 Å². The van der Waals surface area contributed by atoms with E-state index >= 15 is 0 Å². The number of thiocarbonyl (C=S) groups is 1. The van der Waals surface area contributed by atoms with Gasteiger partial charge in [0.15, 0.2) is 5.11 Å². The normalized spacial score (nSPS) is 12.1. The first-order valence-electron chi connectivity index (χ1n) is 10.00. The van der Waals surface area contributed by atoms with Gasteiger partial charge in [0, 0.05) is 17.8 Å². The Morgan fingerprint density at radius 3 is 2.48 bits per heavy atom. The highest BCUT2D eigenvalue weighted by molar-refractivity contribution is 7.80. The van der Waals surface area contributed by atoms with Crippen LogP contribution in [0, 0.1) is 27.7 Å². The Kier molecular flexibility index (Phi) is 6.37. The number of hydrogen-bond donors (Lipinski definition) is 2. The van der Waals surface area contributed by atoms with Gasteiger partial charge in [0.1, 0.15) is 0 Å². The first kappa shape index (κ1) is 21.0. The van der Waals surface area contributed by atoms with Gasteiger partial charge in [-0.3, -0.25) is 9.36 Å². The third kappa shape index (κ3) is 4.50. The van der Waals surface area contributed by atoms with Crippen LogP contribution in [0.2, 0.25) is 0 Å². The predicted octanol–water partition coefficient (Wildman–Crippen LogP) is 4.43. The van der Waals surface area contributed by atoms with E-state index in [9.17, 15) is 0 Å². The van der Waals surface area contributed by atoms with Gasteiger partial charge < -0.3 is 10.6 Å². The summed E-state index contributed by atoms with van der Waals surface area (Å²) in [7, 11) is 0. The van der Waals surface area contributed by atoms with Crippen LogP contribution < -0.4 is 10.6 Å². The van der Waals surface area contributed by atoms with E-state index in [2.05, 4.69) is 74.6 Å². The molecule has 0 aliphatic heterocycles. The molecule has 154 valence electrons. The Bertz CT molecular complexity index is 1020. The highest BCUT2D eigenvalue weighted by atomic mass is 32.1. The largest absolute Gasteiger partial charge is 0.356 e. The molecule has 0 amide bonds. The summed E-state index contributed by atoms with van der Waals surface area (Å²) in [6.07, 6.45) is 1.91. The number of benzene rings is 1. The summed E-state index contributed by atoms with van der Waals surface area (Å²) >= 11 is 5.58. The number of hydrogen-bond acceptors (Lipinski definition) is 3. The first-order valence-corrected chi connectivity index (χ1v) is 10.4. The lowest BCUT2D eigenvalue weighted by Gasteiger charge is -2.17. The number of anilines is 1. The van der Waals surface area contributed by atoms with E-state index in [4.69, 9.17) is 17.3 Å². The van der Waals surface area contributed by atoms with Crippen LogP contribution in [0.3, 0.4) is 0 Å². The minimum atomic E-state index is 0.0675. The third-order valence-electron chi connectivity index (χ3n) is 5.46. The standard InChI is InChI=1S/C22H30N6S/c1-7-27-17(5)20(12-23-27)15(3)24-22(29)25-21-16(4)26-28(18(21)6)13-19-11-9-8-10-14(19)2/h8-12,15H,7,13H2,1-6H3,(H2,24,25,29). The molecule has 2 heterocycles. The smallest absolute Gasteiger partial charge is 0.171 e. The lowest BCUT2D eigenvalue weighted by atomic mass is 10.1. The van der Waals surface area contributed by atoms with Crippen molar-refractivity contribution in [1.82, 2.24) is 24.9 Å². The molecule has 0 bridgehead atoms. The average Bonchev–Trinajstić information content (AvgIpc) is 3.18. The highest BCUT2D eigenvalue weighted by Crippen LogP contribution is 2.22. The second kappa shape index (κ2) is 8.78. The molecule has 3 rings (SSSR count). The molecular formula is C22H30N6S. The SMILES string of the molecule is CCn1ncc(C(C)NC(=S)Nc2c(C)nn(Cc3ccccc3C)c2C)c1C. The molecule has 0 fully saturated rings. The van der Waals surface area contributed by atoms with Gasteiger partial charge in [-0.2, -0.15) is 10.2 Å². The first-order chi connectivity index (χ1) is 13.8. The molecule has 0 saturated carbocycles. The van der Waals surface area contributed by atoms with Gasteiger partial charge in [-0.15, -0.1) is 0 Å². The zero-order valence-corrected chi connectivity index (χ0v) is 18.9. The lowest BCUT2D eigenvalue weighted by molar-refractivity contribution is 0.633. The summed E-state index contributed by atoms with van der Waals surface area (Å²) in [6, 6.07) is 8.47. The number of aryl methyl sites for hydroxylation is 3. The van der Waals surface area contributed by atoms with E-state index < -0.39 is 0 Å². The van der Waals surface area contributed by atoms with Crippen LogP contribution in [0.5, 0.6) is 0 Å². The maximum absolute atomic E-state index is 5.58. The van der Waals surface area contributed by atoms with Crippen molar-refractivity contribution in [3.8, 4) is 0 Å². The second-order valence-electron chi connectivity index (χ2n) is 7.45. The fourth-order valence-corrected chi connectivity index (χ4v) is 3.89. The second-order valence-corrected chi connectivity index (χ2v) is 7.86. The molecule has 1 aromatic carbocycles. The summed E-state index contributed by atoms with van der Waals surface area (Å²) in [5, 5.41) is 16.5. The van der Waals surface area contributed by atoms with E-state index in [0.717, 1.165) is 41.4 Å². The fourth-order valence-electron chi connectivity index (χ4n) is 3.61. The van der Waals surface area contributed by atoms with E-state index in [0.29, 0.717) is 5.11 Å². The minimum absolute atomic E-state index is 0.0675. The molecule has 3 aromatic rings. The van der Waals surface area contributed by atoms with Gasteiger partial charge in [-0.1, -0.05) is 24.3 Å². The Hall–Kier alpha value is -2.67. The summed E-state index contributed by atoms with van der Waals surface area (Å²) in [4.78, 5) is 0.